The number of hydrogen-bond donors (Lipinski definition) is 1. The van der Waals surface area contributed by atoms with Crippen LogP contribution in [0, 0.1) is 17.2 Å². The number of ether oxygens (including phenoxy) is 1. The highest BCUT2D eigenvalue weighted by atomic mass is 16.5. The molecular weight excluding hydrogens is 526 g/mol. The van der Waals surface area contributed by atoms with Crippen LogP contribution in [0.3, 0.4) is 0 Å². The molecule has 0 aliphatic heterocycles. The van der Waals surface area contributed by atoms with Gasteiger partial charge in [0.25, 0.3) is 5.91 Å². The molecule has 1 N–H and O–H groups in total. The van der Waals surface area contributed by atoms with Crippen molar-refractivity contribution < 1.29 is 14.3 Å². The highest BCUT2D eigenvalue weighted by Gasteiger charge is 2.26. The van der Waals surface area contributed by atoms with E-state index in [-0.39, 0.29) is 11.8 Å². The quantitative estimate of drug-likeness (QED) is 0.218. The van der Waals surface area contributed by atoms with Crippen molar-refractivity contribution >= 4 is 22.6 Å². The van der Waals surface area contributed by atoms with Crippen molar-refractivity contribution in [2.24, 2.45) is 5.92 Å². The van der Waals surface area contributed by atoms with Crippen molar-refractivity contribution in [3.05, 3.63) is 114 Å². The van der Waals surface area contributed by atoms with Crippen LogP contribution in [0.2, 0.25) is 0 Å². The third-order valence-electron chi connectivity index (χ3n) is 7.28. The zero-order valence-corrected chi connectivity index (χ0v) is 23.9. The second-order valence-electron chi connectivity index (χ2n) is 10.8. The predicted molar refractivity (Wildman–Crippen MR) is 162 cm³/mol. The van der Waals surface area contributed by atoms with E-state index in [1.165, 1.54) is 7.11 Å². The Hall–Kier alpha value is -5.16. The van der Waals surface area contributed by atoms with Crippen LogP contribution in [-0.4, -0.2) is 39.1 Å². The average Bonchev–Trinajstić information content (AvgIpc) is 3.63. The van der Waals surface area contributed by atoms with E-state index in [0.717, 1.165) is 33.2 Å². The second kappa shape index (κ2) is 12.6. The predicted octanol–water partition coefficient (Wildman–Crippen LogP) is 5.79. The minimum absolute atomic E-state index is 0.188. The first-order chi connectivity index (χ1) is 20.4. The smallest absolute Gasteiger partial charge is 0.328 e. The molecule has 0 saturated heterocycles. The maximum atomic E-state index is 13.8. The summed E-state index contributed by atoms with van der Waals surface area (Å²) in [6.07, 6.45) is 7.87. The van der Waals surface area contributed by atoms with Gasteiger partial charge in [-0.25, -0.2) is 9.78 Å². The number of nitriles is 1. The van der Waals surface area contributed by atoms with E-state index < -0.39 is 12.0 Å². The van der Waals surface area contributed by atoms with Crippen LogP contribution < -0.4 is 5.32 Å². The van der Waals surface area contributed by atoms with Crippen LogP contribution in [0.25, 0.3) is 21.9 Å². The first kappa shape index (κ1) is 28.4. The fourth-order valence-corrected chi connectivity index (χ4v) is 5.21. The molecule has 0 spiro atoms. The van der Waals surface area contributed by atoms with Gasteiger partial charge in [-0.05, 0) is 46.4 Å². The van der Waals surface area contributed by atoms with Gasteiger partial charge in [0, 0.05) is 30.7 Å². The molecule has 8 nitrogen and oxygen atoms in total. The molecule has 2 heterocycles. The Morgan fingerprint density at radius 2 is 1.74 bits per heavy atom. The Balaban J connectivity index is 1.51. The van der Waals surface area contributed by atoms with E-state index in [2.05, 4.69) is 20.9 Å². The second-order valence-corrected chi connectivity index (χ2v) is 10.8. The van der Waals surface area contributed by atoms with Crippen molar-refractivity contribution in [1.29, 1.82) is 5.26 Å². The van der Waals surface area contributed by atoms with Gasteiger partial charge in [0.15, 0.2) is 0 Å². The summed E-state index contributed by atoms with van der Waals surface area (Å²) in [4.78, 5) is 30.7. The van der Waals surface area contributed by atoms with Gasteiger partial charge in [0.2, 0.25) is 0 Å². The minimum atomic E-state index is -0.750. The molecule has 42 heavy (non-hydrogen) atoms. The van der Waals surface area contributed by atoms with E-state index >= 15 is 0 Å². The third kappa shape index (κ3) is 6.26. The van der Waals surface area contributed by atoms with Crippen LogP contribution in [0.1, 0.15) is 47.4 Å². The van der Waals surface area contributed by atoms with Gasteiger partial charge in [0.1, 0.15) is 6.04 Å². The topological polar surface area (TPSA) is 102 Å². The number of aromatic nitrogens is 3. The molecule has 1 atom stereocenters. The van der Waals surface area contributed by atoms with Crippen LogP contribution >= 0.6 is 0 Å². The summed E-state index contributed by atoms with van der Waals surface area (Å²) in [6, 6.07) is 23.0. The van der Waals surface area contributed by atoms with E-state index in [4.69, 9.17) is 10.00 Å². The molecule has 212 valence electrons. The minimum Gasteiger partial charge on any atom is -0.467 e. The van der Waals surface area contributed by atoms with Crippen molar-refractivity contribution in [3.63, 3.8) is 0 Å². The summed E-state index contributed by atoms with van der Waals surface area (Å²) < 4.78 is 9.02. The summed E-state index contributed by atoms with van der Waals surface area (Å²) in [5, 5.41) is 14.1. The van der Waals surface area contributed by atoms with Crippen molar-refractivity contribution in [3.8, 4) is 17.2 Å². The number of imidazole rings is 1. The van der Waals surface area contributed by atoms with Crippen LogP contribution in [0.5, 0.6) is 0 Å². The molecule has 0 aliphatic carbocycles. The number of benzene rings is 3. The molecule has 0 unspecified atom stereocenters. The van der Waals surface area contributed by atoms with Gasteiger partial charge >= 0.3 is 5.97 Å². The number of amides is 1. The number of hydrogen-bond acceptors (Lipinski definition) is 5. The zero-order chi connectivity index (χ0) is 29.6. The lowest BCUT2D eigenvalue weighted by molar-refractivity contribution is -0.143. The summed E-state index contributed by atoms with van der Waals surface area (Å²) in [5.41, 5.74) is 4.81. The average molecular weight is 560 g/mol. The van der Waals surface area contributed by atoms with Gasteiger partial charge in [-0.2, -0.15) is 5.26 Å². The lowest BCUT2D eigenvalue weighted by atomic mass is 9.97. The van der Waals surface area contributed by atoms with Gasteiger partial charge in [-0.1, -0.05) is 68.4 Å². The van der Waals surface area contributed by atoms with E-state index in [9.17, 15) is 9.59 Å². The van der Waals surface area contributed by atoms with Crippen molar-refractivity contribution in [2.45, 2.75) is 39.4 Å². The van der Waals surface area contributed by atoms with E-state index in [1.54, 1.807) is 18.5 Å². The maximum Gasteiger partial charge on any atom is 0.328 e. The Kier molecular flexibility index (Phi) is 8.49. The van der Waals surface area contributed by atoms with Crippen molar-refractivity contribution in [1.82, 2.24) is 19.4 Å². The maximum absolute atomic E-state index is 13.8. The van der Waals surface area contributed by atoms with E-state index in [1.807, 2.05) is 91.6 Å². The Labute approximate surface area is 245 Å². The fourth-order valence-electron chi connectivity index (χ4n) is 5.21. The molecule has 0 aliphatic rings. The molecule has 5 rings (SSSR count). The number of methoxy groups -OCH3 is 1. The highest BCUT2D eigenvalue weighted by molar-refractivity contribution is 6.06. The molecular formula is C34H33N5O3. The van der Waals surface area contributed by atoms with Gasteiger partial charge in [0.05, 0.1) is 42.9 Å². The summed E-state index contributed by atoms with van der Waals surface area (Å²) in [7, 11) is 1.33. The largest absolute Gasteiger partial charge is 0.467 e. The Bertz CT molecular complexity index is 1750. The first-order valence-electron chi connectivity index (χ1n) is 13.9. The highest BCUT2D eigenvalue weighted by Crippen LogP contribution is 2.32. The monoisotopic (exact) mass is 559 g/mol. The van der Waals surface area contributed by atoms with Crippen LogP contribution in [-0.2, 0) is 22.6 Å². The molecule has 5 aromatic rings. The number of carbonyl (C=O) groups is 2. The first-order valence-corrected chi connectivity index (χ1v) is 13.9. The van der Waals surface area contributed by atoms with Crippen molar-refractivity contribution in [2.75, 3.05) is 7.11 Å². The standard InChI is InChI=1S/C34H33N5O3/c1-23(2)15-32(34(41)42-3)37-33(40)31-21-38(20-30(31)29-10-6-8-26-7-4-5-9-28(26)29)19-27-17-36-22-39(27)18-25-13-11-24(16-35)12-14-25/h4-14,17,20-23,32H,15,18-19H2,1-3H3,(H,37,40)/t32-/m0/s1. The number of fused-ring (bicyclic) bond motifs is 1. The third-order valence-corrected chi connectivity index (χ3v) is 7.28. The van der Waals surface area contributed by atoms with Gasteiger partial charge in [-0.15, -0.1) is 0 Å². The molecule has 2 aromatic heterocycles. The summed E-state index contributed by atoms with van der Waals surface area (Å²) >= 11 is 0. The molecule has 1 amide bonds. The van der Waals surface area contributed by atoms with E-state index in [0.29, 0.717) is 30.6 Å². The summed E-state index contributed by atoms with van der Waals surface area (Å²) in [6.45, 7) is 5.08. The van der Waals surface area contributed by atoms with Gasteiger partial charge < -0.3 is 19.2 Å². The zero-order valence-electron chi connectivity index (χ0n) is 23.9. The lowest BCUT2D eigenvalue weighted by Crippen LogP contribution is -2.42. The number of rotatable bonds is 10. The Morgan fingerprint density at radius 3 is 2.48 bits per heavy atom. The van der Waals surface area contributed by atoms with Crippen LogP contribution in [0.4, 0.5) is 0 Å². The summed E-state index contributed by atoms with van der Waals surface area (Å²) in [5.74, 6) is -0.610. The molecule has 0 bridgehead atoms. The normalized spacial score (nSPS) is 11.8. The molecule has 0 radical (unpaired) electrons. The number of nitrogens with one attached hydrogen (secondary N) is 1. The Morgan fingerprint density at radius 1 is 0.976 bits per heavy atom. The fraction of sp³-hybridized carbons (Fsp3) is 0.235. The molecule has 8 heteroatoms. The molecule has 0 fully saturated rings. The number of nitrogens with zero attached hydrogens (tertiary/aromatic N) is 4. The molecule has 3 aromatic carbocycles. The number of esters is 1. The lowest BCUT2D eigenvalue weighted by Gasteiger charge is -2.18. The SMILES string of the molecule is COC(=O)[C@H](CC(C)C)NC(=O)c1cn(Cc2cncn2Cc2ccc(C#N)cc2)cc1-c1cccc2ccccc12. The van der Waals surface area contributed by atoms with Crippen LogP contribution in [0.15, 0.2) is 91.6 Å². The molecule has 0 saturated carbocycles. The van der Waals surface area contributed by atoms with Gasteiger partial charge in [-0.3, -0.25) is 4.79 Å². The number of carbonyl (C=O) groups excluding carboxylic acids is 2.